The maximum absolute atomic E-state index is 11.8. The van der Waals surface area contributed by atoms with Crippen molar-refractivity contribution >= 4 is 34.8 Å². The highest BCUT2D eigenvalue weighted by molar-refractivity contribution is 7.09. The van der Waals surface area contributed by atoms with Crippen molar-refractivity contribution in [2.75, 3.05) is 6.54 Å². The number of rotatable bonds is 7. The summed E-state index contributed by atoms with van der Waals surface area (Å²) in [7, 11) is 0. The monoisotopic (exact) mass is 317 g/mol. The Morgan fingerprint density at radius 3 is 2.65 bits per heavy atom. The molecule has 1 atom stereocenters. The fraction of sp³-hybridized carbons (Fsp3) is 0.615. The molecule has 1 aromatic rings. The van der Waals surface area contributed by atoms with Gasteiger partial charge in [0.25, 0.3) is 0 Å². The summed E-state index contributed by atoms with van der Waals surface area (Å²) in [6, 6.07) is -0.547. The molecule has 1 rings (SSSR count). The molecule has 0 saturated carbocycles. The van der Waals surface area contributed by atoms with Gasteiger partial charge in [-0.05, 0) is 12.8 Å². The van der Waals surface area contributed by atoms with Gasteiger partial charge in [0, 0.05) is 11.9 Å². The van der Waals surface area contributed by atoms with E-state index in [1.165, 1.54) is 11.3 Å². The lowest BCUT2D eigenvalue weighted by molar-refractivity contribution is -0.128. The molecule has 0 spiro atoms. The van der Waals surface area contributed by atoms with Crippen molar-refractivity contribution in [2.24, 2.45) is 5.92 Å². The predicted octanol–water partition coefficient (Wildman–Crippen LogP) is 1.70. The zero-order valence-electron chi connectivity index (χ0n) is 11.9. The van der Waals surface area contributed by atoms with E-state index in [0.717, 1.165) is 5.69 Å². The largest absolute Gasteiger partial charge is 0.354 e. The lowest BCUT2D eigenvalue weighted by Gasteiger charge is -2.14. The molecule has 0 aliphatic carbocycles. The van der Waals surface area contributed by atoms with E-state index in [0.29, 0.717) is 23.4 Å². The van der Waals surface area contributed by atoms with E-state index < -0.39 is 6.04 Å². The molecule has 2 amide bonds. The van der Waals surface area contributed by atoms with Crippen molar-refractivity contribution in [3.05, 3.63) is 16.1 Å². The average Bonchev–Trinajstić information content (AvgIpc) is 2.83. The third kappa shape index (κ3) is 5.88. The minimum absolute atomic E-state index is 0.170. The standard InChI is InChI=1S/C13H20ClN3O2S/c1-8(2)6-15-13(19)9(3)16-11(18)4-12-17-10(5-14)7-20-12/h7-9H,4-6H2,1-3H3,(H,15,19)(H,16,18). The maximum Gasteiger partial charge on any atom is 0.242 e. The smallest absolute Gasteiger partial charge is 0.242 e. The number of nitrogens with one attached hydrogen (secondary N) is 2. The van der Waals surface area contributed by atoms with E-state index >= 15 is 0 Å². The average molecular weight is 318 g/mol. The highest BCUT2D eigenvalue weighted by Crippen LogP contribution is 2.12. The number of hydrogen-bond acceptors (Lipinski definition) is 4. The first kappa shape index (κ1) is 16.9. The molecule has 0 fully saturated rings. The van der Waals surface area contributed by atoms with Gasteiger partial charge in [-0.2, -0.15) is 0 Å². The SMILES string of the molecule is CC(C)CNC(=O)C(C)NC(=O)Cc1nc(CCl)cs1. The van der Waals surface area contributed by atoms with Crippen LogP contribution in [0.1, 0.15) is 31.5 Å². The number of nitrogens with zero attached hydrogens (tertiary/aromatic N) is 1. The highest BCUT2D eigenvalue weighted by atomic mass is 35.5. The third-order valence-corrected chi connectivity index (χ3v) is 3.67. The van der Waals surface area contributed by atoms with E-state index in [2.05, 4.69) is 15.6 Å². The second-order valence-corrected chi connectivity index (χ2v) is 6.18. The van der Waals surface area contributed by atoms with E-state index in [1.807, 2.05) is 19.2 Å². The molecule has 2 N–H and O–H groups in total. The second-order valence-electron chi connectivity index (χ2n) is 4.97. The first-order valence-electron chi connectivity index (χ1n) is 6.48. The third-order valence-electron chi connectivity index (χ3n) is 2.50. The summed E-state index contributed by atoms with van der Waals surface area (Å²) in [6.07, 6.45) is 0.170. The molecule has 0 aliphatic heterocycles. The van der Waals surface area contributed by atoms with E-state index in [4.69, 9.17) is 11.6 Å². The number of carbonyl (C=O) groups excluding carboxylic acids is 2. The van der Waals surface area contributed by atoms with Gasteiger partial charge in [0.2, 0.25) is 11.8 Å². The van der Waals surface area contributed by atoms with Crippen molar-refractivity contribution in [1.29, 1.82) is 0 Å². The van der Waals surface area contributed by atoms with Gasteiger partial charge in [-0.1, -0.05) is 13.8 Å². The molecular weight excluding hydrogens is 298 g/mol. The molecule has 0 aliphatic rings. The molecule has 20 heavy (non-hydrogen) atoms. The van der Waals surface area contributed by atoms with Crippen LogP contribution in [0.2, 0.25) is 0 Å². The summed E-state index contributed by atoms with van der Waals surface area (Å²) in [5.74, 6) is 0.331. The van der Waals surface area contributed by atoms with E-state index in [1.54, 1.807) is 6.92 Å². The molecule has 0 radical (unpaired) electrons. The van der Waals surface area contributed by atoms with Crippen molar-refractivity contribution < 1.29 is 9.59 Å². The molecule has 1 unspecified atom stereocenters. The Morgan fingerprint density at radius 1 is 1.40 bits per heavy atom. The van der Waals surface area contributed by atoms with Crippen LogP contribution in [-0.2, 0) is 21.9 Å². The summed E-state index contributed by atoms with van der Waals surface area (Å²) >= 11 is 7.05. The van der Waals surface area contributed by atoms with E-state index in [-0.39, 0.29) is 18.2 Å². The Labute approximate surface area is 128 Å². The first-order valence-corrected chi connectivity index (χ1v) is 7.90. The van der Waals surface area contributed by atoms with Gasteiger partial charge in [-0.25, -0.2) is 4.98 Å². The predicted molar refractivity (Wildman–Crippen MR) is 80.8 cm³/mol. The zero-order chi connectivity index (χ0) is 15.1. The normalized spacial score (nSPS) is 12.2. The van der Waals surface area contributed by atoms with Crippen LogP contribution in [0.5, 0.6) is 0 Å². The fourth-order valence-corrected chi connectivity index (χ4v) is 2.47. The summed E-state index contributed by atoms with van der Waals surface area (Å²) in [5.41, 5.74) is 0.766. The van der Waals surface area contributed by atoms with Crippen LogP contribution in [0, 0.1) is 5.92 Å². The number of hydrogen-bond donors (Lipinski definition) is 2. The highest BCUT2D eigenvalue weighted by Gasteiger charge is 2.16. The topological polar surface area (TPSA) is 71.1 Å². The van der Waals surface area contributed by atoms with E-state index in [9.17, 15) is 9.59 Å². The molecule has 1 heterocycles. The Morgan fingerprint density at radius 2 is 2.10 bits per heavy atom. The van der Waals surface area contributed by atoms with Crippen molar-refractivity contribution in [2.45, 2.75) is 39.1 Å². The number of alkyl halides is 1. The summed E-state index contributed by atoms with van der Waals surface area (Å²) in [5, 5.41) is 7.97. The van der Waals surface area contributed by atoms with Crippen molar-refractivity contribution in [1.82, 2.24) is 15.6 Å². The summed E-state index contributed by atoms with van der Waals surface area (Å²) < 4.78 is 0. The maximum atomic E-state index is 11.8. The zero-order valence-corrected chi connectivity index (χ0v) is 13.5. The number of thiazole rings is 1. The lowest BCUT2D eigenvalue weighted by Crippen LogP contribution is -2.46. The summed E-state index contributed by atoms with van der Waals surface area (Å²) in [6.45, 7) is 6.30. The number of aromatic nitrogens is 1. The molecule has 1 aromatic heterocycles. The van der Waals surface area contributed by atoms with Crippen LogP contribution in [0.4, 0.5) is 0 Å². The van der Waals surface area contributed by atoms with Crippen molar-refractivity contribution in [3.8, 4) is 0 Å². The van der Waals surface area contributed by atoms with Gasteiger partial charge in [-0.15, -0.1) is 22.9 Å². The molecule has 0 bridgehead atoms. The molecule has 112 valence electrons. The Balaban J connectivity index is 2.39. The summed E-state index contributed by atoms with van der Waals surface area (Å²) in [4.78, 5) is 27.7. The van der Waals surface area contributed by atoms with Crippen molar-refractivity contribution in [3.63, 3.8) is 0 Å². The quantitative estimate of drug-likeness (QED) is 0.752. The second kappa shape index (κ2) is 8.21. The minimum Gasteiger partial charge on any atom is -0.354 e. The van der Waals surface area contributed by atoms with Crippen LogP contribution < -0.4 is 10.6 Å². The Bertz CT molecular complexity index is 462. The first-order chi connectivity index (χ1) is 9.42. The number of amides is 2. The van der Waals surface area contributed by atoms with Gasteiger partial charge in [0.15, 0.2) is 0 Å². The van der Waals surface area contributed by atoms with Gasteiger partial charge in [0.1, 0.15) is 11.0 Å². The molecule has 5 nitrogen and oxygen atoms in total. The Hall–Kier alpha value is -1.14. The van der Waals surface area contributed by atoms with Gasteiger partial charge >= 0.3 is 0 Å². The van der Waals surface area contributed by atoms with Crippen LogP contribution >= 0.6 is 22.9 Å². The molecule has 0 saturated heterocycles. The van der Waals surface area contributed by atoms with Gasteiger partial charge in [0.05, 0.1) is 18.0 Å². The Kier molecular flexibility index (Phi) is 6.95. The molecular formula is C13H20ClN3O2S. The number of halogens is 1. The van der Waals surface area contributed by atoms with Gasteiger partial charge < -0.3 is 10.6 Å². The van der Waals surface area contributed by atoms with Crippen LogP contribution in [0.15, 0.2) is 5.38 Å². The number of carbonyl (C=O) groups is 2. The van der Waals surface area contributed by atoms with Crippen LogP contribution in [-0.4, -0.2) is 29.4 Å². The van der Waals surface area contributed by atoms with Crippen LogP contribution in [0.25, 0.3) is 0 Å². The molecule has 7 heteroatoms. The fourth-order valence-electron chi connectivity index (χ4n) is 1.44. The van der Waals surface area contributed by atoms with Gasteiger partial charge in [-0.3, -0.25) is 9.59 Å². The minimum atomic E-state index is -0.547. The molecule has 0 aromatic carbocycles. The lowest BCUT2D eigenvalue weighted by atomic mass is 10.2. The van der Waals surface area contributed by atoms with Crippen LogP contribution in [0.3, 0.4) is 0 Å².